The minimum absolute atomic E-state index is 0.00775. The van der Waals surface area contributed by atoms with E-state index < -0.39 is 26.8 Å². The largest absolute Gasteiger partial charge is 0.361 e. The fourth-order valence-electron chi connectivity index (χ4n) is 3.20. The van der Waals surface area contributed by atoms with Crippen LogP contribution >= 0.6 is 0 Å². The first kappa shape index (κ1) is 20.0. The Labute approximate surface area is 158 Å². The number of hydrogen-bond donors (Lipinski definition) is 0. The van der Waals surface area contributed by atoms with Crippen LogP contribution < -0.4 is 4.18 Å². The molecule has 0 aromatic carbocycles. The molecule has 0 amide bonds. The van der Waals surface area contributed by atoms with E-state index >= 15 is 0 Å². The Morgan fingerprint density at radius 2 is 1.74 bits per heavy atom. The Kier molecular flexibility index (Phi) is 5.41. The van der Waals surface area contributed by atoms with Crippen molar-refractivity contribution >= 4 is 31.3 Å². The molecule has 0 atom stereocenters. The average molecular weight is 418 g/mol. The van der Waals surface area contributed by atoms with E-state index in [-0.39, 0.29) is 17.7 Å². The molecule has 0 aliphatic heterocycles. The van der Waals surface area contributed by atoms with Gasteiger partial charge in [0.05, 0.1) is 24.2 Å². The number of hydrogen-bond acceptors (Lipinski definition) is 9. The molecule has 0 saturated heterocycles. The molecular weight excluding hydrogens is 396 g/mol. The van der Waals surface area contributed by atoms with Crippen molar-refractivity contribution in [3.05, 3.63) is 11.5 Å². The molecule has 27 heavy (non-hydrogen) atoms. The molecule has 0 unspecified atom stereocenters. The van der Waals surface area contributed by atoms with Crippen molar-refractivity contribution in [2.75, 3.05) is 12.5 Å². The van der Waals surface area contributed by atoms with Gasteiger partial charge in [-0.2, -0.15) is 26.9 Å². The van der Waals surface area contributed by atoms with Gasteiger partial charge in [-0.25, -0.2) is 9.67 Å². The van der Waals surface area contributed by atoms with Gasteiger partial charge in [0.2, 0.25) is 5.88 Å². The third-order valence-corrected chi connectivity index (χ3v) is 5.28. The van der Waals surface area contributed by atoms with E-state index in [2.05, 4.69) is 15.1 Å². The Balaban J connectivity index is 2.18. The summed E-state index contributed by atoms with van der Waals surface area (Å²) in [5.41, 5.74) is 1.06. The van der Waals surface area contributed by atoms with Crippen LogP contribution in [0.2, 0.25) is 0 Å². The summed E-state index contributed by atoms with van der Waals surface area (Å²) in [4.78, 5) is 8.49. The fraction of sp³-hybridized carbons (Fsp3) is 0.667. The van der Waals surface area contributed by atoms with Crippen LogP contribution in [0.3, 0.4) is 0 Å². The van der Waals surface area contributed by atoms with Gasteiger partial charge in [-0.05, 0) is 19.3 Å². The highest BCUT2D eigenvalue weighted by atomic mass is 32.2. The maximum atomic E-state index is 11.7. The number of fused-ring (bicyclic) bond motifs is 1. The molecule has 0 radical (unpaired) electrons. The quantitative estimate of drug-likeness (QED) is 0.611. The van der Waals surface area contributed by atoms with Gasteiger partial charge in [0, 0.05) is 0 Å². The van der Waals surface area contributed by atoms with Gasteiger partial charge in [-0.3, -0.25) is 4.18 Å². The summed E-state index contributed by atoms with van der Waals surface area (Å²) < 4.78 is 57.6. The number of rotatable bonds is 7. The Bertz CT molecular complexity index is 1060. The van der Waals surface area contributed by atoms with Gasteiger partial charge in [0.25, 0.3) is 10.1 Å². The van der Waals surface area contributed by atoms with Crippen molar-refractivity contribution in [3.8, 4) is 5.88 Å². The monoisotopic (exact) mass is 418 g/mol. The normalized spacial score (nSPS) is 16.3. The van der Waals surface area contributed by atoms with Crippen LogP contribution in [0.4, 0.5) is 0 Å². The standard InChI is InChI=1S/C15H22N4O6S2/c1-4-11-13-14(19(18-11)10-7-5-6-8-10)16-12(9-24-26(2,20)21)17-15(13)25-27(3,22)23/h10H,4-9H2,1-3H3. The van der Waals surface area contributed by atoms with Gasteiger partial charge in [0.1, 0.15) is 12.0 Å². The van der Waals surface area contributed by atoms with Crippen LogP contribution in [0, 0.1) is 0 Å². The third kappa shape index (κ3) is 4.74. The van der Waals surface area contributed by atoms with Crippen LogP contribution in [0.1, 0.15) is 50.2 Å². The maximum Gasteiger partial charge on any atom is 0.307 e. The zero-order valence-corrected chi connectivity index (χ0v) is 17.0. The first-order valence-corrected chi connectivity index (χ1v) is 12.2. The zero-order chi connectivity index (χ0) is 19.8. The second kappa shape index (κ2) is 7.32. The van der Waals surface area contributed by atoms with Gasteiger partial charge in [-0.15, -0.1) is 0 Å². The van der Waals surface area contributed by atoms with Gasteiger partial charge < -0.3 is 4.18 Å². The first-order valence-electron chi connectivity index (χ1n) is 8.59. The summed E-state index contributed by atoms with van der Waals surface area (Å²) in [6.07, 6.45) is 6.42. The molecule has 0 bridgehead atoms. The summed E-state index contributed by atoms with van der Waals surface area (Å²) in [6, 6.07) is 0.150. The Morgan fingerprint density at radius 1 is 1.07 bits per heavy atom. The van der Waals surface area contributed by atoms with Crippen molar-refractivity contribution < 1.29 is 25.2 Å². The van der Waals surface area contributed by atoms with E-state index in [9.17, 15) is 16.8 Å². The van der Waals surface area contributed by atoms with Crippen molar-refractivity contribution in [1.82, 2.24) is 19.7 Å². The fourth-order valence-corrected chi connectivity index (χ4v) is 3.92. The van der Waals surface area contributed by atoms with Gasteiger partial charge >= 0.3 is 10.1 Å². The lowest BCUT2D eigenvalue weighted by Crippen LogP contribution is -2.12. The summed E-state index contributed by atoms with van der Waals surface area (Å²) in [6.45, 7) is 1.47. The van der Waals surface area contributed by atoms with E-state index in [0.29, 0.717) is 23.1 Å². The van der Waals surface area contributed by atoms with E-state index in [0.717, 1.165) is 38.2 Å². The molecule has 0 N–H and O–H groups in total. The first-order chi connectivity index (χ1) is 12.6. The topological polar surface area (TPSA) is 130 Å². The molecule has 12 heteroatoms. The van der Waals surface area contributed by atoms with Crippen molar-refractivity contribution in [3.63, 3.8) is 0 Å². The van der Waals surface area contributed by atoms with Crippen LogP contribution in [-0.2, 0) is 37.4 Å². The molecule has 2 aromatic heterocycles. The summed E-state index contributed by atoms with van der Waals surface area (Å²) >= 11 is 0. The highest BCUT2D eigenvalue weighted by Crippen LogP contribution is 2.35. The maximum absolute atomic E-state index is 11.7. The highest BCUT2D eigenvalue weighted by Gasteiger charge is 2.26. The van der Waals surface area contributed by atoms with Gasteiger partial charge in [0.15, 0.2) is 11.5 Å². The number of aromatic nitrogens is 4. The predicted molar refractivity (Wildman–Crippen MR) is 97.3 cm³/mol. The molecule has 2 heterocycles. The highest BCUT2D eigenvalue weighted by molar-refractivity contribution is 7.86. The second-order valence-electron chi connectivity index (χ2n) is 6.58. The zero-order valence-electron chi connectivity index (χ0n) is 15.4. The molecule has 2 aromatic rings. The number of nitrogens with zero attached hydrogens (tertiary/aromatic N) is 4. The lowest BCUT2D eigenvalue weighted by atomic mass is 10.2. The molecule has 1 fully saturated rings. The SMILES string of the molecule is CCc1nn(C2CCCC2)c2nc(COS(C)(=O)=O)nc(OS(C)(=O)=O)c12. The third-order valence-electron chi connectivity index (χ3n) is 4.27. The van der Waals surface area contributed by atoms with Crippen molar-refractivity contribution in [2.24, 2.45) is 0 Å². The van der Waals surface area contributed by atoms with E-state index in [1.54, 1.807) is 4.68 Å². The van der Waals surface area contributed by atoms with Crippen LogP contribution in [0.15, 0.2) is 0 Å². The molecular formula is C15H22N4O6S2. The van der Waals surface area contributed by atoms with Crippen LogP contribution in [-0.4, -0.2) is 49.1 Å². The molecule has 1 aliphatic carbocycles. The van der Waals surface area contributed by atoms with Gasteiger partial charge in [-0.1, -0.05) is 19.8 Å². The van der Waals surface area contributed by atoms with E-state index in [4.69, 9.17) is 8.37 Å². The van der Waals surface area contributed by atoms with Crippen LogP contribution in [0.25, 0.3) is 11.0 Å². The lowest BCUT2D eigenvalue weighted by Gasteiger charge is -2.12. The smallest absolute Gasteiger partial charge is 0.307 e. The molecule has 3 rings (SSSR count). The predicted octanol–water partition coefficient (Wildman–Crippen LogP) is 1.32. The summed E-state index contributed by atoms with van der Waals surface area (Å²) in [5.74, 6) is -0.149. The average Bonchev–Trinajstić information content (AvgIpc) is 3.17. The number of aryl methyl sites for hydroxylation is 1. The molecule has 150 valence electrons. The Hall–Kier alpha value is -1.79. The van der Waals surface area contributed by atoms with Crippen molar-refractivity contribution in [2.45, 2.75) is 51.7 Å². The minimum Gasteiger partial charge on any atom is -0.361 e. The molecule has 0 spiro atoms. The van der Waals surface area contributed by atoms with E-state index in [1.165, 1.54) is 0 Å². The Morgan fingerprint density at radius 3 is 2.30 bits per heavy atom. The summed E-state index contributed by atoms with van der Waals surface area (Å²) in [5, 5.41) is 5.04. The second-order valence-corrected chi connectivity index (χ2v) is 9.80. The molecule has 10 nitrogen and oxygen atoms in total. The van der Waals surface area contributed by atoms with E-state index in [1.807, 2.05) is 6.92 Å². The van der Waals surface area contributed by atoms with Crippen LogP contribution in [0.5, 0.6) is 5.88 Å². The summed E-state index contributed by atoms with van der Waals surface area (Å²) in [7, 11) is -7.56. The molecule has 1 aliphatic rings. The molecule has 1 saturated carbocycles. The minimum atomic E-state index is -3.85. The lowest BCUT2D eigenvalue weighted by molar-refractivity contribution is 0.301. The van der Waals surface area contributed by atoms with Crippen molar-refractivity contribution in [1.29, 1.82) is 0 Å².